The largest absolute Gasteiger partial charge is 0.490 e. The molecule has 2 aromatic heterocycles. The van der Waals surface area contributed by atoms with E-state index in [2.05, 4.69) is 0 Å². The van der Waals surface area contributed by atoms with Gasteiger partial charge in [-0.15, -0.1) is 0 Å². The quantitative estimate of drug-likeness (QED) is 0.101. The zero-order valence-electron chi connectivity index (χ0n) is 25.2. The molecule has 0 radical (unpaired) electrons. The lowest BCUT2D eigenvalue weighted by molar-refractivity contribution is -0.109. The standard InChI is InChI=1S/C33H39NO10/c1-23-8-9-29(43-21-20-42-19-18-41-17-16-40-15-14-39-13-12-38-11-5-10-35)30-26(33(36)37)22-27(34-31(23)30)32-24(2)25-6-3-4-7-28(25)44-32/h3-4,6-10,22H,5,11-21H2,1-2H3,(H,36,37). The number of ether oxygens (including phenoxy) is 6. The monoisotopic (exact) mass is 609 g/mol. The molecule has 0 saturated heterocycles. The molecule has 0 aliphatic rings. The van der Waals surface area contributed by atoms with Gasteiger partial charge in [0.2, 0.25) is 0 Å². The summed E-state index contributed by atoms with van der Waals surface area (Å²) in [5.74, 6) is -0.109. The summed E-state index contributed by atoms with van der Waals surface area (Å²) >= 11 is 0. The number of carboxylic acid groups (broad SMARTS) is 1. The lowest BCUT2D eigenvalue weighted by Crippen LogP contribution is -2.14. The van der Waals surface area contributed by atoms with Gasteiger partial charge in [-0.05, 0) is 37.6 Å². The van der Waals surface area contributed by atoms with Crippen molar-refractivity contribution in [2.24, 2.45) is 0 Å². The van der Waals surface area contributed by atoms with Crippen molar-refractivity contribution < 1.29 is 47.5 Å². The molecule has 11 heteroatoms. The molecular weight excluding hydrogens is 570 g/mol. The fourth-order valence-corrected chi connectivity index (χ4v) is 4.59. The van der Waals surface area contributed by atoms with E-state index < -0.39 is 5.97 Å². The van der Waals surface area contributed by atoms with E-state index in [0.717, 1.165) is 28.4 Å². The van der Waals surface area contributed by atoms with Gasteiger partial charge in [0.25, 0.3) is 0 Å². The number of benzene rings is 2. The smallest absolute Gasteiger partial charge is 0.336 e. The lowest BCUT2D eigenvalue weighted by atomic mass is 10.0. The van der Waals surface area contributed by atoms with E-state index in [1.807, 2.05) is 44.2 Å². The van der Waals surface area contributed by atoms with Crippen molar-refractivity contribution in [3.8, 4) is 17.2 Å². The third-order valence-electron chi connectivity index (χ3n) is 6.78. The van der Waals surface area contributed by atoms with Gasteiger partial charge in [0, 0.05) is 17.4 Å². The summed E-state index contributed by atoms with van der Waals surface area (Å²) in [5.41, 5.74) is 3.54. The number of carbonyl (C=O) groups is 2. The number of aryl methyl sites for hydroxylation is 2. The van der Waals surface area contributed by atoms with Gasteiger partial charge >= 0.3 is 5.97 Å². The maximum Gasteiger partial charge on any atom is 0.336 e. The molecule has 2 heterocycles. The van der Waals surface area contributed by atoms with Crippen LogP contribution < -0.4 is 4.74 Å². The molecule has 4 aromatic rings. The Morgan fingerprint density at radius 2 is 1.41 bits per heavy atom. The Hall–Kier alpha value is -3.87. The van der Waals surface area contributed by atoms with E-state index in [0.29, 0.717) is 101 Å². The second-order valence-electron chi connectivity index (χ2n) is 9.88. The second-order valence-corrected chi connectivity index (χ2v) is 9.88. The number of fused-ring (bicyclic) bond motifs is 2. The van der Waals surface area contributed by atoms with Crippen LogP contribution in [0, 0.1) is 13.8 Å². The highest BCUT2D eigenvalue weighted by molar-refractivity contribution is 6.07. The molecule has 0 fully saturated rings. The van der Waals surface area contributed by atoms with Crippen LogP contribution in [-0.2, 0) is 28.5 Å². The van der Waals surface area contributed by atoms with E-state index in [4.69, 9.17) is 37.8 Å². The van der Waals surface area contributed by atoms with E-state index in [1.54, 1.807) is 12.1 Å². The fraction of sp³-hybridized carbons (Fsp3) is 0.424. The first kappa shape index (κ1) is 33.0. The fourth-order valence-electron chi connectivity index (χ4n) is 4.59. The number of hydrogen-bond acceptors (Lipinski definition) is 10. The molecule has 44 heavy (non-hydrogen) atoms. The number of carbonyl (C=O) groups excluding carboxylic acids is 1. The molecule has 0 saturated carbocycles. The molecule has 0 bridgehead atoms. The Morgan fingerprint density at radius 1 is 0.818 bits per heavy atom. The molecule has 0 aliphatic carbocycles. The summed E-state index contributed by atoms with van der Waals surface area (Å²) in [6.45, 7) is 8.28. The number of aromatic nitrogens is 1. The maximum atomic E-state index is 12.4. The molecule has 4 rings (SSSR count). The summed E-state index contributed by atoms with van der Waals surface area (Å²) in [6, 6.07) is 12.8. The predicted molar refractivity (Wildman–Crippen MR) is 164 cm³/mol. The molecule has 0 aliphatic heterocycles. The zero-order valence-corrected chi connectivity index (χ0v) is 25.2. The van der Waals surface area contributed by atoms with Crippen LogP contribution in [0.2, 0.25) is 0 Å². The Bertz CT molecular complexity index is 1520. The van der Waals surface area contributed by atoms with Crippen LogP contribution in [0.3, 0.4) is 0 Å². The van der Waals surface area contributed by atoms with Gasteiger partial charge in [0.1, 0.15) is 29.9 Å². The average molecular weight is 610 g/mol. The van der Waals surface area contributed by atoms with Crippen LogP contribution in [0.25, 0.3) is 33.3 Å². The van der Waals surface area contributed by atoms with Gasteiger partial charge in [0.15, 0.2) is 5.76 Å². The summed E-state index contributed by atoms with van der Waals surface area (Å²) in [5, 5.41) is 11.5. The van der Waals surface area contributed by atoms with Crippen LogP contribution in [0.1, 0.15) is 27.9 Å². The number of rotatable bonds is 21. The van der Waals surface area contributed by atoms with Crippen LogP contribution in [0.4, 0.5) is 0 Å². The third kappa shape index (κ3) is 9.07. The van der Waals surface area contributed by atoms with Gasteiger partial charge in [-0.3, -0.25) is 0 Å². The number of aromatic carboxylic acids is 1. The number of pyridine rings is 1. The van der Waals surface area contributed by atoms with Gasteiger partial charge in [-0.1, -0.05) is 24.3 Å². The van der Waals surface area contributed by atoms with E-state index >= 15 is 0 Å². The molecule has 0 unspecified atom stereocenters. The normalized spacial score (nSPS) is 11.4. The van der Waals surface area contributed by atoms with Crippen molar-refractivity contribution in [3.05, 3.63) is 59.2 Å². The van der Waals surface area contributed by atoms with Crippen molar-refractivity contribution in [1.82, 2.24) is 4.98 Å². The van der Waals surface area contributed by atoms with Crippen LogP contribution in [0.5, 0.6) is 5.75 Å². The first-order valence-corrected chi connectivity index (χ1v) is 14.6. The number of nitrogens with zero attached hydrogens (tertiary/aromatic N) is 1. The number of carboxylic acids is 1. The highest BCUT2D eigenvalue weighted by atomic mass is 16.6. The van der Waals surface area contributed by atoms with Crippen molar-refractivity contribution in [3.63, 3.8) is 0 Å². The zero-order chi connectivity index (χ0) is 31.1. The summed E-state index contributed by atoms with van der Waals surface area (Å²) < 4.78 is 39.2. The first-order chi connectivity index (χ1) is 21.5. The van der Waals surface area contributed by atoms with Crippen LogP contribution in [-0.4, -0.2) is 95.0 Å². The molecule has 0 amide bonds. The van der Waals surface area contributed by atoms with E-state index in [-0.39, 0.29) is 12.2 Å². The van der Waals surface area contributed by atoms with Crippen LogP contribution in [0.15, 0.2) is 46.9 Å². The number of aldehydes is 1. The van der Waals surface area contributed by atoms with E-state index in [9.17, 15) is 14.7 Å². The topological polar surface area (TPSA) is 136 Å². The van der Waals surface area contributed by atoms with Crippen molar-refractivity contribution >= 4 is 34.1 Å². The van der Waals surface area contributed by atoms with Crippen LogP contribution >= 0.6 is 0 Å². The lowest BCUT2D eigenvalue weighted by Gasteiger charge is -2.14. The predicted octanol–water partition coefficient (Wildman–Crippen LogP) is 5.01. The third-order valence-corrected chi connectivity index (χ3v) is 6.78. The Morgan fingerprint density at radius 3 is 2.00 bits per heavy atom. The summed E-state index contributed by atoms with van der Waals surface area (Å²) in [6.07, 6.45) is 1.22. The Kier molecular flexibility index (Phi) is 13.1. The van der Waals surface area contributed by atoms with Crippen molar-refractivity contribution in [1.29, 1.82) is 0 Å². The SMILES string of the molecule is Cc1c(-c2cc(C(=O)O)c3c(OCCOCCOCCOCCOCCOCCC=O)ccc(C)c3n2)oc2ccccc12. The highest BCUT2D eigenvalue weighted by Crippen LogP contribution is 2.37. The van der Waals surface area contributed by atoms with Gasteiger partial charge in [-0.25, -0.2) is 9.78 Å². The highest BCUT2D eigenvalue weighted by Gasteiger charge is 2.21. The Labute approximate surface area is 256 Å². The maximum absolute atomic E-state index is 12.4. The molecule has 0 atom stereocenters. The minimum atomic E-state index is -1.08. The second kappa shape index (κ2) is 17.4. The van der Waals surface area contributed by atoms with E-state index in [1.165, 1.54) is 0 Å². The first-order valence-electron chi connectivity index (χ1n) is 14.6. The summed E-state index contributed by atoms with van der Waals surface area (Å²) in [4.78, 5) is 27.4. The molecule has 11 nitrogen and oxygen atoms in total. The summed E-state index contributed by atoms with van der Waals surface area (Å²) in [7, 11) is 0. The van der Waals surface area contributed by atoms with Gasteiger partial charge < -0.3 is 42.7 Å². The molecule has 2 aromatic carbocycles. The molecular formula is C33H39NO10. The number of furan rings is 1. The Balaban J connectivity index is 1.20. The molecule has 1 N–H and O–H groups in total. The number of para-hydroxylation sites is 1. The van der Waals surface area contributed by atoms with Gasteiger partial charge in [0.05, 0.1) is 82.5 Å². The molecule has 236 valence electrons. The minimum Gasteiger partial charge on any atom is -0.490 e. The molecule has 0 spiro atoms. The number of hydrogen-bond donors (Lipinski definition) is 1. The average Bonchev–Trinajstić information content (AvgIpc) is 3.37. The van der Waals surface area contributed by atoms with Gasteiger partial charge in [-0.2, -0.15) is 0 Å². The van der Waals surface area contributed by atoms with Crippen molar-refractivity contribution in [2.45, 2.75) is 20.3 Å². The van der Waals surface area contributed by atoms with Crippen molar-refractivity contribution in [2.75, 3.05) is 72.7 Å². The minimum absolute atomic E-state index is 0.0896.